The standard InChI is InChI=1S/C19H25Cl2NO2S2/c20-11-5-15-26(23,24)22(13-3-9-19-10-4-14-25-19)12-2-7-17-6-1-8-18(21)16-17/h1,4,6,8,10,14,16H,2-3,5,7,9,11-13,15H2. The third-order valence-corrected chi connectivity index (χ3v) is 7.50. The van der Waals surface area contributed by atoms with E-state index in [4.69, 9.17) is 23.2 Å². The molecule has 1 aromatic carbocycles. The van der Waals surface area contributed by atoms with Crippen LogP contribution in [0.1, 0.15) is 29.7 Å². The fraction of sp³-hybridized carbons (Fsp3) is 0.474. The monoisotopic (exact) mass is 433 g/mol. The first-order valence-corrected chi connectivity index (χ1v) is 12.2. The summed E-state index contributed by atoms with van der Waals surface area (Å²) in [7, 11) is -3.26. The highest BCUT2D eigenvalue weighted by atomic mass is 35.5. The number of halogens is 2. The normalized spacial score (nSPS) is 12.0. The van der Waals surface area contributed by atoms with Gasteiger partial charge in [0, 0.05) is 28.9 Å². The van der Waals surface area contributed by atoms with Gasteiger partial charge in [0.15, 0.2) is 0 Å². The van der Waals surface area contributed by atoms with Crippen molar-refractivity contribution in [2.45, 2.75) is 32.1 Å². The summed E-state index contributed by atoms with van der Waals surface area (Å²) in [4.78, 5) is 1.29. The maximum absolute atomic E-state index is 12.6. The van der Waals surface area contributed by atoms with Crippen molar-refractivity contribution >= 4 is 44.6 Å². The minimum Gasteiger partial charge on any atom is -0.212 e. The van der Waals surface area contributed by atoms with Crippen LogP contribution in [-0.4, -0.2) is 37.4 Å². The summed E-state index contributed by atoms with van der Waals surface area (Å²) < 4.78 is 26.9. The Hall–Kier alpha value is -0.590. The maximum atomic E-state index is 12.6. The Labute approximate surface area is 171 Å². The highest BCUT2D eigenvalue weighted by Crippen LogP contribution is 2.15. The van der Waals surface area contributed by atoms with E-state index in [2.05, 4.69) is 11.4 Å². The molecule has 3 nitrogen and oxygen atoms in total. The van der Waals surface area contributed by atoms with Crippen LogP contribution in [0.3, 0.4) is 0 Å². The summed E-state index contributed by atoms with van der Waals surface area (Å²) in [6, 6.07) is 11.8. The Balaban J connectivity index is 1.90. The van der Waals surface area contributed by atoms with Crippen molar-refractivity contribution in [2.75, 3.05) is 24.7 Å². The van der Waals surface area contributed by atoms with Crippen LogP contribution in [0, 0.1) is 0 Å². The van der Waals surface area contributed by atoms with Gasteiger partial charge in [-0.3, -0.25) is 0 Å². The first kappa shape index (κ1) is 21.7. The van der Waals surface area contributed by atoms with E-state index >= 15 is 0 Å². The molecule has 0 N–H and O–H groups in total. The van der Waals surface area contributed by atoms with Crippen LogP contribution in [0.4, 0.5) is 0 Å². The van der Waals surface area contributed by atoms with Crippen molar-refractivity contribution in [1.29, 1.82) is 0 Å². The second-order valence-corrected chi connectivity index (χ2v) is 10.1. The lowest BCUT2D eigenvalue weighted by Crippen LogP contribution is -2.35. The fourth-order valence-corrected chi connectivity index (χ4v) is 5.63. The van der Waals surface area contributed by atoms with Crippen LogP contribution in [0.5, 0.6) is 0 Å². The number of alkyl halides is 1. The van der Waals surface area contributed by atoms with Crippen LogP contribution in [0.25, 0.3) is 0 Å². The molecule has 0 spiro atoms. The van der Waals surface area contributed by atoms with E-state index in [0.717, 1.165) is 31.2 Å². The second kappa shape index (κ2) is 11.3. The van der Waals surface area contributed by atoms with Gasteiger partial charge >= 0.3 is 0 Å². The third kappa shape index (κ3) is 7.57. The molecule has 2 aromatic rings. The molecule has 0 aliphatic heterocycles. The number of hydrogen-bond donors (Lipinski definition) is 0. The Kier molecular flexibility index (Phi) is 9.43. The minimum atomic E-state index is -3.26. The molecule has 1 heterocycles. The van der Waals surface area contributed by atoms with E-state index in [1.54, 1.807) is 15.6 Å². The molecule has 0 unspecified atom stereocenters. The van der Waals surface area contributed by atoms with Gasteiger partial charge in [-0.15, -0.1) is 22.9 Å². The largest absolute Gasteiger partial charge is 0.214 e. The highest BCUT2D eigenvalue weighted by Gasteiger charge is 2.20. The molecule has 7 heteroatoms. The first-order chi connectivity index (χ1) is 12.5. The van der Waals surface area contributed by atoms with Crippen LogP contribution in [0.15, 0.2) is 41.8 Å². The zero-order valence-electron chi connectivity index (χ0n) is 14.7. The van der Waals surface area contributed by atoms with Gasteiger partial charge in [-0.2, -0.15) is 0 Å². The van der Waals surface area contributed by atoms with Crippen LogP contribution < -0.4 is 0 Å². The molecular formula is C19H25Cl2NO2S2. The Morgan fingerprint density at radius 2 is 1.77 bits per heavy atom. The van der Waals surface area contributed by atoms with Gasteiger partial charge in [0.25, 0.3) is 0 Å². The van der Waals surface area contributed by atoms with Crippen LogP contribution in [0.2, 0.25) is 5.02 Å². The molecule has 1 aromatic heterocycles. The van der Waals surface area contributed by atoms with Gasteiger partial charge in [0.1, 0.15) is 0 Å². The number of hydrogen-bond acceptors (Lipinski definition) is 3. The Morgan fingerprint density at radius 1 is 1.00 bits per heavy atom. The molecule has 144 valence electrons. The lowest BCUT2D eigenvalue weighted by atomic mass is 10.1. The van der Waals surface area contributed by atoms with E-state index in [0.29, 0.717) is 30.4 Å². The van der Waals surface area contributed by atoms with Gasteiger partial charge < -0.3 is 0 Å². The lowest BCUT2D eigenvalue weighted by Gasteiger charge is -2.22. The molecule has 0 radical (unpaired) electrons. The van der Waals surface area contributed by atoms with Gasteiger partial charge in [-0.1, -0.05) is 29.8 Å². The molecule has 26 heavy (non-hydrogen) atoms. The second-order valence-electron chi connectivity index (χ2n) is 6.17. The average molecular weight is 434 g/mol. The van der Waals surface area contributed by atoms with Crippen molar-refractivity contribution in [3.05, 3.63) is 57.2 Å². The van der Waals surface area contributed by atoms with Crippen molar-refractivity contribution in [3.8, 4) is 0 Å². The molecule has 0 bridgehead atoms. The van der Waals surface area contributed by atoms with Gasteiger partial charge in [0.05, 0.1) is 5.75 Å². The Bertz CT molecular complexity index is 749. The zero-order valence-corrected chi connectivity index (χ0v) is 17.9. The smallest absolute Gasteiger partial charge is 0.212 e. The first-order valence-electron chi connectivity index (χ1n) is 8.82. The minimum absolute atomic E-state index is 0.118. The molecule has 0 aliphatic carbocycles. The summed E-state index contributed by atoms with van der Waals surface area (Å²) in [6.45, 7) is 1.08. The number of sulfonamides is 1. The molecule has 0 atom stereocenters. The van der Waals surface area contributed by atoms with Gasteiger partial charge in [-0.25, -0.2) is 12.7 Å². The number of aryl methyl sites for hydroxylation is 2. The number of nitrogens with zero attached hydrogens (tertiary/aromatic N) is 1. The maximum Gasteiger partial charge on any atom is 0.214 e. The summed E-state index contributed by atoms with van der Waals surface area (Å²) in [6.07, 6.45) is 3.82. The van der Waals surface area contributed by atoms with Crippen LogP contribution >= 0.6 is 34.5 Å². The van der Waals surface area contributed by atoms with Crippen molar-refractivity contribution < 1.29 is 8.42 Å². The SMILES string of the molecule is O=S(=O)(CCCCl)N(CCCc1cccc(Cl)c1)CCCc1cccs1. The quantitative estimate of drug-likeness (QED) is 0.429. The van der Waals surface area contributed by atoms with Crippen molar-refractivity contribution in [3.63, 3.8) is 0 Å². The predicted molar refractivity (Wildman–Crippen MR) is 113 cm³/mol. The summed E-state index contributed by atoms with van der Waals surface area (Å²) in [5, 5.41) is 2.76. The summed E-state index contributed by atoms with van der Waals surface area (Å²) >= 11 is 13.4. The van der Waals surface area contributed by atoms with E-state index in [9.17, 15) is 8.42 Å². The van der Waals surface area contributed by atoms with Gasteiger partial charge in [0.2, 0.25) is 10.0 Å². The molecule has 2 rings (SSSR count). The summed E-state index contributed by atoms with van der Waals surface area (Å²) in [5.74, 6) is 0.484. The van der Waals surface area contributed by atoms with E-state index in [1.807, 2.05) is 30.3 Å². The molecular weight excluding hydrogens is 409 g/mol. The lowest BCUT2D eigenvalue weighted by molar-refractivity contribution is 0.398. The Morgan fingerprint density at radius 3 is 2.42 bits per heavy atom. The number of benzene rings is 1. The molecule has 0 saturated heterocycles. The van der Waals surface area contributed by atoms with E-state index in [-0.39, 0.29) is 5.75 Å². The third-order valence-electron chi connectivity index (χ3n) is 4.10. The molecule has 0 amide bonds. The fourth-order valence-electron chi connectivity index (χ4n) is 2.79. The summed E-state index contributed by atoms with van der Waals surface area (Å²) in [5.41, 5.74) is 1.13. The zero-order chi connectivity index (χ0) is 18.8. The number of thiophene rings is 1. The molecule has 0 aliphatic rings. The van der Waals surface area contributed by atoms with E-state index < -0.39 is 10.0 Å². The van der Waals surface area contributed by atoms with Gasteiger partial charge in [-0.05, 0) is 61.2 Å². The van der Waals surface area contributed by atoms with Crippen molar-refractivity contribution in [1.82, 2.24) is 4.31 Å². The van der Waals surface area contributed by atoms with Crippen LogP contribution in [-0.2, 0) is 22.9 Å². The topological polar surface area (TPSA) is 37.4 Å². The van der Waals surface area contributed by atoms with Crippen molar-refractivity contribution in [2.24, 2.45) is 0 Å². The molecule has 0 fully saturated rings. The highest BCUT2D eigenvalue weighted by molar-refractivity contribution is 7.89. The number of rotatable bonds is 12. The molecule has 0 saturated carbocycles. The average Bonchev–Trinajstić information content (AvgIpc) is 3.12. The predicted octanol–water partition coefficient (Wildman–Crippen LogP) is 5.23. The van der Waals surface area contributed by atoms with E-state index in [1.165, 1.54) is 4.88 Å².